The van der Waals surface area contributed by atoms with Gasteiger partial charge < -0.3 is 14.7 Å². The van der Waals surface area contributed by atoms with Crippen molar-refractivity contribution in [1.29, 1.82) is 0 Å². The minimum absolute atomic E-state index is 0.00809. The Morgan fingerprint density at radius 3 is 2.32 bits per heavy atom. The SMILES string of the molecule is COc1ccc2c(c1)CCN(C(=O)c1cc(C(=O)O)nn1C)C2C(=O)Cc1cc(F)c([Si](C)(C)C)c(F)c1. The number of ketones is 1. The summed E-state index contributed by atoms with van der Waals surface area (Å²) in [6.07, 6.45) is 0.130. The number of methoxy groups -OCH3 is 1. The topological polar surface area (TPSA) is 102 Å². The highest BCUT2D eigenvalue weighted by molar-refractivity contribution is 6.88. The van der Waals surface area contributed by atoms with E-state index in [1.165, 1.54) is 31.2 Å². The molecule has 4 rings (SSSR count). The predicted octanol–water partition coefficient (Wildman–Crippen LogP) is 3.50. The van der Waals surface area contributed by atoms with Crippen molar-refractivity contribution < 1.29 is 33.0 Å². The van der Waals surface area contributed by atoms with Crippen LogP contribution in [0.5, 0.6) is 5.75 Å². The third-order valence-corrected chi connectivity index (χ3v) is 8.67. The molecule has 1 aliphatic heterocycles. The Morgan fingerprint density at radius 1 is 1.11 bits per heavy atom. The van der Waals surface area contributed by atoms with Crippen molar-refractivity contribution >= 4 is 30.9 Å². The van der Waals surface area contributed by atoms with Crippen LogP contribution in [-0.4, -0.2) is 59.2 Å². The molecule has 0 saturated heterocycles. The monoisotopic (exact) mass is 541 g/mol. The lowest BCUT2D eigenvalue weighted by Crippen LogP contribution is -2.45. The minimum Gasteiger partial charge on any atom is -0.497 e. The molecule has 0 fully saturated rings. The summed E-state index contributed by atoms with van der Waals surface area (Å²) in [7, 11) is 0.677. The molecule has 1 aromatic heterocycles. The lowest BCUT2D eigenvalue weighted by molar-refractivity contribution is -0.123. The van der Waals surface area contributed by atoms with Crippen LogP contribution in [0.1, 0.15) is 43.7 Å². The number of carboxylic acid groups (broad SMARTS) is 1. The highest BCUT2D eigenvalue weighted by atomic mass is 28.3. The molecule has 1 unspecified atom stereocenters. The number of carbonyl (C=O) groups excluding carboxylic acids is 2. The lowest BCUT2D eigenvalue weighted by atomic mass is 9.87. The fourth-order valence-electron chi connectivity index (χ4n) is 4.96. The van der Waals surface area contributed by atoms with E-state index in [2.05, 4.69) is 5.10 Å². The first-order valence-electron chi connectivity index (χ1n) is 12.1. The zero-order valence-corrected chi connectivity index (χ0v) is 22.8. The zero-order chi connectivity index (χ0) is 27.9. The lowest BCUT2D eigenvalue weighted by Gasteiger charge is -2.36. The summed E-state index contributed by atoms with van der Waals surface area (Å²) < 4.78 is 36.3. The maximum Gasteiger partial charge on any atom is 0.356 e. The normalized spacial score (nSPS) is 15.2. The van der Waals surface area contributed by atoms with E-state index < -0.39 is 43.4 Å². The van der Waals surface area contributed by atoms with Crippen LogP contribution in [0.2, 0.25) is 19.6 Å². The van der Waals surface area contributed by atoms with Crippen LogP contribution in [0.25, 0.3) is 0 Å². The smallest absolute Gasteiger partial charge is 0.356 e. The number of hydrogen-bond donors (Lipinski definition) is 1. The molecule has 2 aromatic carbocycles. The molecule has 38 heavy (non-hydrogen) atoms. The van der Waals surface area contributed by atoms with Crippen LogP contribution in [0, 0.1) is 11.6 Å². The highest BCUT2D eigenvalue weighted by Crippen LogP contribution is 2.35. The van der Waals surface area contributed by atoms with E-state index in [1.54, 1.807) is 18.2 Å². The van der Waals surface area contributed by atoms with Crippen molar-refractivity contribution in [3.63, 3.8) is 0 Å². The molecule has 11 heteroatoms. The first kappa shape index (κ1) is 27.2. The van der Waals surface area contributed by atoms with Gasteiger partial charge in [0.15, 0.2) is 11.5 Å². The number of aryl methyl sites for hydroxylation is 1. The molecule has 1 atom stereocenters. The number of halogens is 2. The van der Waals surface area contributed by atoms with E-state index in [9.17, 15) is 28.3 Å². The van der Waals surface area contributed by atoms with Gasteiger partial charge in [-0.3, -0.25) is 14.3 Å². The van der Waals surface area contributed by atoms with Crippen LogP contribution in [0.15, 0.2) is 36.4 Å². The van der Waals surface area contributed by atoms with E-state index in [-0.39, 0.29) is 35.1 Å². The molecule has 1 amide bonds. The first-order chi connectivity index (χ1) is 17.8. The average molecular weight is 542 g/mol. The van der Waals surface area contributed by atoms with Crippen LogP contribution in [-0.2, 0) is 24.7 Å². The number of aromatic nitrogens is 2. The van der Waals surface area contributed by atoms with Gasteiger partial charge in [0.1, 0.15) is 29.1 Å². The van der Waals surface area contributed by atoms with Gasteiger partial charge in [-0.2, -0.15) is 5.10 Å². The van der Waals surface area contributed by atoms with Crippen LogP contribution in [0.4, 0.5) is 8.78 Å². The number of carbonyl (C=O) groups is 3. The van der Waals surface area contributed by atoms with Gasteiger partial charge in [0, 0.05) is 31.3 Å². The molecule has 8 nitrogen and oxygen atoms in total. The molecular formula is C27H29F2N3O5Si. The molecule has 3 aromatic rings. The van der Waals surface area contributed by atoms with Crippen molar-refractivity contribution in [2.75, 3.05) is 13.7 Å². The van der Waals surface area contributed by atoms with Crippen molar-refractivity contribution in [3.8, 4) is 5.75 Å². The van der Waals surface area contributed by atoms with Gasteiger partial charge in [-0.1, -0.05) is 25.7 Å². The van der Waals surface area contributed by atoms with Gasteiger partial charge >= 0.3 is 5.97 Å². The van der Waals surface area contributed by atoms with Gasteiger partial charge in [0.05, 0.1) is 15.2 Å². The number of Topliss-reactive ketones (excluding diaryl/α,β-unsaturated/α-hetero) is 1. The molecule has 1 N–H and O–H groups in total. The van der Waals surface area contributed by atoms with Crippen molar-refractivity contribution in [2.24, 2.45) is 7.05 Å². The second-order valence-electron chi connectivity index (χ2n) is 10.4. The minimum atomic E-state index is -2.30. The number of hydrogen-bond acceptors (Lipinski definition) is 5. The number of fused-ring (bicyclic) bond motifs is 1. The number of carboxylic acids is 1. The molecular weight excluding hydrogens is 512 g/mol. The Bertz CT molecular complexity index is 1420. The highest BCUT2D eigenvalue weighted by Gasteiger charge is 2.38. The van der Waals surface area contributed by atoms with E-state index in [0.29, 0.717) is 17.7 Å². The van der Waals surface area contributed by atoms with Crippen LogP contribution in [0.3, 0.4) is 0 Å². The van der Waals surface area contributed by atoms with E-state index in [4.69, 9.17) is 4.74 Å². The third-order valence-electron chi connectivity index (χ3n) is 6.69. The summed E-state index contributed by atoms with van der Waals surface area (Å²) in [4.78, 5) is 40.1. The molecule has 200 valence electrons. The molecule has 2 heterocycles. The van der Waals surface area contributed by atoms with Gasteiger partial charge in [-0.15, -0.1) is 0 Å². The predicted molar refractivity (Wildman–Crippen MR) is 139 cm³/mol. The summed E-state index contributed by atoms with van der Waals surface area (Å²) in [5.74, 6) is -3.04. The Balaban J connectivity index is 1.74. The van der Waals surface area contributed by atoms with E-state index in [0.717, 1.165) is 16.3 Å². The van der Waals surface area contributed by atoms with Crippen molar-refractivity contribution in [2.45, 2.75) is 38.5 Å². The zero-order valence-electron chi connectivity index (χ0n) is 21.8. The molecule has 0 aliphatic carbocycles. The quantitative estimate of drug-likeness (QED) is 0.460. The molecule has 0 saturated carbocycles. The van der Waals surface area contributed by atoms with Crippen molar-refractivity contribution in [1.82, 2.24) is 14.7 Å². The first-order valence-corrected chi connectivity index (χ1v) is 15.6. The summed E-state index contributed by atoms with van der Waals surface area (Å²) in [6, 6.07) is 7.68. The maximum absolute atomic E-state index is 14.9. The number of rotatable bonds is 7. The fraction of sp³-hybridized carbons (Fsp3) is 0.333. The Kier molecular flexibility index (Phi) is 7.24. The number of benzene rings is 2. The number of aromatic carboxylic acids is 1. The number of nitrogens with zero attached hydrogens (tertiary/aromatic N) is 3. The number of ether oxygens (including phenoxy) is 1. The summed E-state index contributed by atoms with van der Waals surface area (Å²) in [6.45, 7) is 5.68. The third kappa shape index (κ3) is 5.10. The van der Waals surface area contributed by atoms with Crippen LogP contribution < -0.4 is 9.92 Å². The summed E-state index contributed by atoms with van der Waals surface area (Å²) in [5, 5.41) is 13.2. The molecule has 0 bridgehead atoms. The Morgan fingerprint density at radius 2 is 1.76 bits per heavy atom. The standard InChI is InChI=1S/C27H29F2N3O5Si/c1-31-22(14-21(30-31)27(35)36)26(34)32-9-8-16-13-17(37-2)6-7-18(16)24(32)23(33)12-15-10-19(28)25(20(29)11-15)38(3,4)5/h6-7,10-11,13-14,24H,8-9,12H2,1-5H3,(H,35,36). The van der Waals surface area contributed by atoms with Crippen molar-refractivity contribution in [3.05, 3.63) is 76.1 Å². The fourth-order valence-corrected chi connectivity index (χ4v) is 6.53. The summed E-state index contributed by atoms with van der Waals surface area (Å²) >= 11 is 0. The Labute approximate surface area is 219 Å². The second-order valence-corrected chi connectivity index (χ2v) is 15.4. The molecule has 0 spiro atoms. The second kappa shape index (κ2) is 10.1. The van der Waals surface area contributed by atoms with Gasteiger partial charge in [0.2, 0.25) is 0 Å². The summed E-state index contributed by atoms with van der Waals surface area (Å²) in [5.41, 5.74) is 1.28. The van der Waals surface area contributed by atoms with Gasteiger partial charge in [-0.05, 0) is 47.4 Å². The van der Waals surface area contributed by atoms with E-state index in [1.807, 2.05) is 19.6 Å². The average Bonchev–Trinajstić information content (AvgIpc) is 3.22. The molecule has 1 aliphatic rings. The maximum atomic E-state index is 14.9. The van der Waals surface area contributed by atoms with Crippen LogP contribution >= 0.6 is 0 Å². The Hall–Kier alpha value is -3.86. The largest absolute Gasteiger partial charge is 0.497 e. The van der Waals surface area contributed by atoms with Gasteiger partial charge in [0.25, 0.3) is 5.91 Å². The molecule has 0 radical (unpaired) electrons. The van der Waals surface area contributed by atoms with E-state index >= 15 is 0 Å². The number of amides is 1. The van der Waals surface area contributed by atoms with Gasteiger partial charge in [-0.25, -0.2) is 13.6 Å².